The minimum atomic E-state index is 0. The maximum absolute atomic E-state index is 2.27. The quantitative estimate of drug-likeness (QED) is 0.345. The van der Waals surface area contributed by atoms with E-state index in [0.717, 1.165) is 0 Å². The van der Waals surface area contributed by atoms with E-state index >= 15 is 0 Å². The number of aryl methyl sites for hydroxylation is 4. The van der Waals surface area contributed by atoms with E-state index in [9.17, 15) is 0 Å². The van der Waals surface area contributed by atoms with Crippen LogP contribution in [-0.4, -0.2) is 0 Å². The van der Waals surface area contributed by atoms with Crippen LogP contribution >= 0.6 is 0 Å². The van der Waals surface area contributed by atoms with Gasteiger partial charge in [-0.15, -0.1) is 0 Å². The van der Waals surface area contributed by atoms with Crippen LogP contribution in [0.2, 0.25) is 0 Å². The molecule has 2 rings (SSSR count). The third-order valence-electron chi connectivity index (χ3n) is 3.58. The third kappa shape index (κ3) is 19.2. The number of rotatable bonds is 6. The van der Waals surface area contributed by atoms with Gasteiger partial charge in [-0.05, 0) is 0 Å². The summed E-state index contributed by atoms with van der Waals surface area (Å²) in [6.45, 7) is 8.76. The zero-order chi connectivity index (χ0) is 14.8. The van der Waals surface area contributed by atoms with Crippen molar-refractivity contribution in [2.24, 2.45) is 0 Å². The Morgan fingerprint density at radius 2 is 0.962 bits per heavy atom. The molecule has 26 heavy (non-hydrogen) atoms. The molecule has 0 aromatic heterocycles. The van der Waals surface area contributed by atoms with Gasteiger partial charge in [-0.3, -0.25) is 0 Å². The molecule has 146 valence electrons. The van der Waals surface area contributed by atoms with Crippen molar-refractivity contribution in [3.63, 3.8) is 0 Å². The summed E-state index contributed by atoms with van der Waals surface area (Å²) in [6, 6.07) is 13.4. The number of hydrogen-bond acceptors (Lipinski definition) is 0. The van der Waals surface area contributed by atoms with Crippen LogP contribution in [0.5, 0.6) is 0 Å². The average molecular weight is 513 g/mol. The summed E-state index contributed by atoms with van der Waals surface area (Å²) in [5, 5.41) is 0. The van der Waals surface area contributed by atoms with Crippen molar-refractivity contribution in [3.05, 3.63) is 88.4 Å². The Morgan fingerprint density at radius 1 is 0.654 bits per heavy atom. The number of hydrogen-bond donors (Lipinski definition) is 0. The van der Waals surface area contributed by atoms with E-state index in [1.807, 2.05) is 0 Å². The summed E-state index contributed by atoms with van der Waals surface area (Å²) in [7, 11) is 0. The first-order chi connectivity index (χ1) is 9.65. The van der Waals surface area contributed by atoms with Crippen LogP contribution in [0.1, 0.15) is 61.8 Å². The molecule has 2 aromatic rings. The smallest absolute Gasteiger partial charge is 0.358 e. The zero-order valence-electron chi connectivity index (χ0n) is 18.7. The van der Waals surface area contributed by atoms with Crippen molar-refractivity contribution in [1.82, 2.24) is 0 Å². The van der Waals surface area contributed by atoms with Gasteiger partial charge in [-0.2, -0.15) is 46.5 Å². The Balaban J connectivity index is -0.0000000625. The molecule has 2 heteroatoms. The molecule has 2 aromatic carbocycles. The fourth-order valence-corrected chi connectivity index (χ4v) is 2.33. The van der Waals surface area contributed by atoms with Crippen molar-refractivity contribution in [2.45, 2.75) is 66.2 Å². The van der Waals surface area contributed by atoms with Crippen molar-refractivity contribution in [2.75, 3.05) is 0 Å². The molecule has 0 atom stereocenters. The van der Waals surface area contributed by atoms with E-state index in [0.29, 0.717) is 0 Å². The second-order valence-electron chi connectivity index (χ2n) is 5.80. The van der Waals surface area contributed by atoms with Gasteiger partial charge in [0.25, 0.3) is 0 Å². The SMILES string of the molecule is CCCCc1cc[c-](C)c1.CCCCc1cc[c-](C)c1.[CH3-].[CH3-].[CH3-].[CH3-].[Zr+3].[Zr+3]. The average Bonchev–Trinajstić information content (AvgIpc) is 3.03. The Kier molecular flexibility index (Phi) is 40.1. The van der Waals surface area contributed by atoms with Gasteiger partial charge in [0.15, 0.2) is 0 Å². The molecule has 0 saturated heterocycles. The molecule has 0 spiro atoms. The minimum Gasteiger partial charge on any atom is -0.358 e. The minimum absolute atomic E-state index is 0. The summed E-state index contributed by atoms with van der Waals surface area (Å²) < 4.78 is 0. The van der Waals surface area contributed by atoms with Crippen molar-refractivity contribution < 1.29 is 52.4 Å². The summed E-state index contributed by atoms with van der Waals surface area (Å²) in [6.07, 6.45) is 7.75. The second-order valence-corrected chi connectivity index (χ2v) is 5.80. The molecule has 0 fully saturated rings. The summed E-state index contributed by atoms with van der Waals surface area (Å²) in [4.78, 5) is 0. The molecule has 2 radical (unpaired) electrons. The Labute approximate surface area is 205 Å². The molecule has 0 saturated carbocycles. The molecule has 0 aliphatic rings. The molecule has 0 aliphatic carbocycles. The Bertz CT molecular complexity index is 422. The first-order valence-corrected chi connectivity index (χ1v) is 8.10. The fraction of sp³-hybridized carbons (Fsp3) is 0.417. The number of unbranched alkanes of at least 4 members (excludes halogenated alkanes) is 2. The van der Waals surface area contributed by atoms with Gasteiger partial charge in [0.05, 0.1) is 0 Å². The van der Waals surface area contributed by atoms with Gasteiger partial charge >= 0.3 is 52.4 Å². The van der Waals surface area contributed by atoms with Crippen molar-refractivity contribution >= 4 is 0 Å². The Morgan fingerprint density at radius 3 is 1.15 bits per heavy atom. The summed E-state index contributed by atoms with van der Waals surface area (Å²) >= 11 is 0. The van der Waals surface area contributed by atoms with E-state index in [2.05, 4.69) is 64.1 Å². The van der Waals surface area contributed by atoms with Crippen LogP contribution in [0.3, 0.4) is 0 Å². The van der Waals surface area contributed by atoms with Crippen molar-refractivity contribution in [3.8, 4) is 0 Å². The predicted octanol–water partition coefficient (Wildman–Crippen LogP) is 7.91. The van der Waals surface area contributed by atoms with Crippen LogP contribution in [0.15, 0.2) is 36.4 Å². The van der Waals surface area contributed by atoms with Crippen LogP contribution < -0.4 is 0 Å². The van der Waals surface area contributed by atoms with Gasteiger partial charge in [-0.25, -0.2) is 12.1 Å². The van der Waals surface area contributed by atoms with Gasteiger partial charge in [-0.1, -0.05) is 66.2 Å². The largest absolute Gasteiger partial charge is 3.00 e. The summed E-state index contributed by atoms with van der Waals surface area (Å²) in [5.41, 5.74) is 5.79. The molecular weight excluding hydrogens is 471 g/mol. The topological polar surface area (TPSA) is 0 Å². The van der Waals surface area contributed by atoms with E-state index < -0.39 is 0 Å². The maximum Gasteiger partial charge on any atom is 3.00 e. The van der Waals surface area contributed by atoms with E-state index in [1.54, 1.807) is 0 Å². The van der Waals surface area contributed by atoms with Gasteiger partial charge < -0.3 is 29.7 Å². The molecular formula is C24H42Zr2. The standard InChI is InChI=1S/2C10H15.4CH3.2Zr/c2*1-3-4-5-10-7-6-9(2)8-10;;;;;;/h2*6-8H,3-5H2,1-2H3;4*1H3;;/q6*-1;2*+3. The Hall–Kier alpha value is 0.466. The summed E-state index contributed by atoms with van der Waals surface area (Å²) in [5.74, 6) is 0. The van der Waals surface area contributed by atoms with Crippen LogP contribution in [0, 0.1) is 43.6 Å². The predicted molar refractivity (Wildman–Crippen MR) is 116 cm³/mol. The fourth-order valence-electron chi connectivity index (χ4n) is 2.33. The monoisotopic (exact) mass is 510 g/mol. The molecule has 0 bridgehead atoms. The first kappa shape index (κ1) is 41.0. The normalized spacial score (nSPS) is 7.85. The maximum atomic E-state index is 2.27. The van der Waals surface area contributed by atoms with Crippen molar-refractivity contribution in [1.29, 1.82) is 0 Å². The second kappa shape index (κ2) is 25.5. The van der Waals surface area contributed by atoms with E-state index in [1.165, 1.54) is 60.8 Å². The third-order valence-corrected chi connectivity index (χ3v) is 3.58. The van der Waals surface area contributed by atoms with E-state index in [4.69, 9.17) is 0 Å². The zero-order valence-corrected chi connectivity index (χ0v) is 23.6. The molecule has 0 heterocycles. The molecule has 0 N–H and O–H groups in total. The molecule has 0 amide bonds. The van der Waals surface area contributed by atoms with Gasteiger partial charge in [0.2, 0.25) is 0 Å². The van der Waals surface area contributed by atoms with Crippen LogP contribution in [0.4, 0.5) is 0 Å². The molecule has 0 unspecified atom stereocenters. The van der Waals surface area contributed by atoms with Gasteiger partial charge in [0.1, 0.15) is 0 Å². The van der Waals surface area contributed by atoms with Crippen LogP contribution in [-0.2, 0) is 65.2 Å². The van der Waals surface area contributed by atoms with E-state index in [-0.39, 0.29) is 82.1 Å². The first-order valence-electron chi connectivity index (χ1n) is 8.10. The molecule has 0 aliphatic heterocycles. The molecule has 0 nitrogen and oxygen atoms in total. The van der Waals surface area contributed by atoms with Gasteiger partial charge in [0, 0.05) is 0 Å². The van der Waals surface area contributed by atoms with Crippen LogP contribution in [0.25, 0.3) is 0 Å².